The van der Waals surface area contributed by atoms with Crippen molar-refractivity contribution in [3.8, 4) is 22.4 Å². The zero-order valence-corrected chi connectivity index (χ0v) is 16.6. The van der Waals surface area contributed by atoms with Crippen molar-refractivity contribution in [2.24, 2.45) is 0 Å². The second-order valence-corrected chi connectivity index (χ2v) is 7.63. The third-order valence-corrected chi connectivity index (χ3v) is 5.75. The molecule has 32 heavy (non-hydrogen) atoms. The van der Waals surface area contributed by atoms with Gasteiger partial charge in [0.1, 0.15) is 11.2 Å². The Morgan fingerprint density at radius 2 is 1.50 bits per heavy atom. The monoisotopic (exact) mass is 425 g/mol. The Kier molecular flexibility index (Phi) is 4.05. The van der Waals surface area contributed by atoms with Crippen molar-refractivity contribution in [2.75, 3.05) is 0 Å². The normalized spacial score (nSPS) is 11.6. The summed E-state index contributed by atoms with van der Waals surface area (Å²) in [5, 5.41) is 3.85. The van der Waals surface area contributed by atoms with Crippen LogP contribution in [-0.2, 0) is 0 Å². The molecule has 0 radical (unpaired) electrons. The number of aromatic nitrogens is 1. The molecule has 6 aromatic rings. The number of fused-ring (bicyclic) bond motifs is 4. The van der Waals surface area contributed by atoms with Gasteiger partial charge in [-0.3, -0.25) is 4.98 Å². The van der Waals surface area contributed by atoms with E-state index in [1.54, 1.807) is 18.2 Å². The number of nitrogens with zero attached hydrogens (tertiary/aromatic N) is 1. The fraction of sp³-hybridized carbons (Fsp3) is 0. The van der Waals surface area contributed by atoms with Crippen molar-refractivity contribution in [3.05, 3.63) is 103 Å². The molecule has 0 N–H and O–H groups in total. The molecule has 0 atom stereocenters. The van der Waals surface area contributed by atoms with Crippen LogP contribution in [0.25, 0.3) is 55.1 Å². The molecule has 0 amide bonds. The Balaban J connectivity index is 1.55. The molecule has 0 aliphatic heterocycles. The third-order valence-electron chi connectivity index (χ3n) is 5.75. The van der Waals surface area contributed by atoms with E-state index in [2.05, 4.69) is 4.98 Å². The van der Waals surface area contributed by atoms with Crippen LogP contribution < -0.4 is 0 Å². The Bertz CT molecular complexity index is 1670. The van der Waals surface area contributed by atoms with Crippen molar-refractivity contribution in [3.63, 3.8) is 0 Å². The summed E-state index contributed by atoms with van der Waals surface area (Å²) < 4.78 is 47.5. The number of furan rings is 1. The molecular weight excluding hydrogens is 411 g/mol. The summed E-state index contributed by atoms with van der Waals surface area (Å²) in [4.78, 5) is 4.61. The summed E-state index contributed by atoms with van der Waals surface area (Å²) in [6.07, 6.45) is 1.83. The van der Waals surface area contributed by atoms with Gasteiger partial charge in [-0.05, 0) is 47.3 Å². The van der Waals surface area contributed by atoms with Crippen molar-refractivity contribution in [2.45, 2.75) is 0 Å². The summed E-state index contributed by atoms with van der Waals surface area (Å²) in [5.74, 6) is -3.93. The second kappa shape index (κ2) is 6.95. The minimum absolute atomic E-state index is 0.0253. The quantitative estimate of drug-likeness (QED) is 0.264. The first-order valence-electron chi connectivity index (χ1n) is 10.0. The van der Waals surface area contributed by atoms with Crippen LogP contribution in [0.5, 0.6) is 0 Å². The highest BCUT2D eigenvalue weighted by atomic mass is 19.2. The van der Waals surface area contributed by atoms with E-state index < -0.39 is 17.5 Å². The topological polar surface area (TPSA) is 26.0 Å². The predicted octanol–water partition coefficient (Wildman–Crippen LogP) is 7.89. The van der Waals surface area contributed by atoms with Gasteiger partial charge in [0.15, 0.2) is 17.5 Å². The number of pyridine rings is 1. The number of halogens is 3. The summed E-state index contributed by atoms with van der Waals surface area (Å²) in [7, 11) is 0. The highest BCUT2D eigenvalue weighted by Crippen LogP contribution is 2.38. The highest BCUT2D eigenvalue weighted by molar-refractivity contribution is 6.10. The van der Waals surface area contributed by atoms with Crippen molar-refractivity contribution in [1.82, 2.24) is 4.98 Å². The van der Waals surface area contributed by atoms with Crippen molar-refractivity contribution in [1.29, 1.82) is 0 Å². The number of rotatable bonds is 2. The average molecular weight is 425 g/mol. The zero-order chi connectivity index (χ0) is 21.8. The average Bonchev–Trinajstić information content (AvgIpc) is 3.20. The standard InChI is InChI=1S/C27H14F3NO/c28-22-11-10-18(25(29)26(22)30)16-8-9-19-20-6-3-7-21(27(20)32-24(19)13-16)23-12-15-4-1-2-5-17(15)14-31-23/h1-14H. The van der Waals surface area contributed by atoms with Gasteiger partial charge in [0, 0.05) is 33.5 Å². The largest absolute Gasteiger partial charge is 0.455 e. The van der Waals surface area contributed by atoms with E-state index in [1.165, 1.54) is 6.07 Å². The van der Waals surface area contributed by atoms with Crippen LogP contribution in [0, 0.1) is 17.5 Å². The van der Waals surface area contributed by atoms with Gasteiger partial charge in [-0.1, -0.05) is 42.5 Å². The van der Waals surface area contributed by atoms with Gasteiger partial charge in [-0.15, -0.1) is 0 Å². The van der Waals surface area contributed by atoms with Crippen molar-refractivity contribution < 1.29 is 17.6 Å². The summed E-state index contributed by atoms with van der Waals surface area (Å²) in [6, 6.07) is 23.1. The van der Waals surface area contributed by atoms with Crippen LogP contribution in [0.3, 0.4) is 0 Å². The lowest BCUT2D eigenvalue weighted by atomic mass is 10.0. The molecule has 0 aliphatic rings. The molecule has 6 rings (SSSR count). The van der Waals surface area contributed by atoms with Gasteiger partial charge < -0.3 is 4.42 Å². The van der Waals surface area contributed by atoms with Crippen molar-refractivity contribution >= 4 is 32.7 Å². The first-order chi connectivity index (χ1) is 15.6. The molecule has 0 unspecified atom stereocenters. The predicted molar refractivity (Wildman–Crippen MR) is 120 cm³/mol. The van der Waals surface area contributed by atoms with Crippen LogP contribution in [0.15, 0.2) is 89.5 Å². The molecule has 154 valence electrons. The lowest BCUT2D eigenvalue weighted by Crippen LogP contribution is -1.93. The van der Waals surface area contributed by atoms with E-state index >= 15 is 0 Å². The van der Waals surface area contributed by atoms with E-state index in [0.29, 0.717) is 16.7 Å². The minimum atomic E-state index is -1.49. The molecule has 5 heteroatoms. The van der Waals surface area contributed by atoms with Crippen LogP contribution in [0.4, 0.5) is 13.2 Å². The van der Waals surface area contributed by atoms with Gasteiger partial charge >= 0.3 is 0 Å². The number of hydrogen-bond donors (Lipinski definition) is 0. The SMILES string of the molecule is Fc1ccc(-c2ccc3c(c2)oc2c(-c4cc5ccccc5cn4)cccc23)c(F)c1F. The van der Waals surface area contributed by atoms with Gasteiger partial charge in [-0.25, -0.2) is 13.2 Å². The molecule has 0 spiro atoms. The summed E-state index contributed by atoms with van der Waals surface area (Å²) >= 11 is 0. The smallest absolute Gasteiger partial charge is 0.195 e. The Morgan fingerprint density at radius 3 is 2.38 bits per heavy atom. The Hall–Kier alpha value is -4.12. The zero-order valence-electron chi connectivity index (χ0n) is 16.6. The Labute approximate surface area is 180 Å². The molecule has 0 aliphatic carbocycles. The molecule has 0 bridgehead atoms. The maximum Gasteiger partial charge on any atom is 0.195 e. The molecule has 0 fully saturated rings. The van der Waals surface area contributed by atoms with E-state index in [9.17, 15) is 13.2 Å². The maximum absolute atomic E-state index is 14.3. The summed E-state index contributed by atoms with van der Waals surface area (Å²) in [5.41, 5.74) is 3.18. The third kappa shape index (κ3) is 2.78. The van der Waals surface area contributed by atoms with Gasteiger partial charge in [0.05, 0.1) is 5.69 Å². The van der Waals surface area contributed by atoms with Crippen LogP contribution in [-0.4, -0.2) is 4.98 Å². The van der Waals surface area contributed by atoms with E-state index in [4.69, 9.17) is 4.42 Å². The number of benzene rings is 4. The molecule has 2 heterocycles. The molecular formula is C27H14F3NO. The van der Waals surface area contributed by atoms with Crippen LogP contribution in [0.1, 0.15) is 0 Å². The molecule has 2 nitrogen and oxygen atoms in total. The highest BCUT2D eigenvalue weighted by Gasteiger charge is 2.17. The molecule has 4 aromatic carbocycles. The van der Waals surface area contributed by atoms with Crippen LogP contribution >= 0.6 is 0 Å². The fourth-order valence-electron chi connectivity index (χ4n) is 4.15. The number of para-hydroxylation sites is 1. The van der Waals surface area contributed by atoms with Crippen LogP contribution in [0.2, 0.25) is 0 Å². The number of hydrogen-bond acceptors (Lipinski definition) is 2. The maximum atomic E-state index is 14.3. The first-order valence-corrected chi connectivity index (χ1v) is 10.0. The summed E-state index contributed by atoms with van der Waals surface area (Å²) in [6.45, 7) is 0. The molecule has 2 aromatic heterocycles. The minimum Gasteiger partial charge on any atom is -0.455 e. The molecule has 0 saturated heterocycles. The second-order valence-electron chi connectivity index (χ2n) is 7.63. The lowest BCUT2D eigenvalue weighted by Gasteiger charge is -2.05. The van der Waals surface area contributed by atoms with E-state index in [-0.39, 0.29) is 5.56 Å². The van der Waals surface area contributed by atoms with Gasteiger partial charge in [0.2, 0.25) is 0 Å². The molecule has 0 saturated carbocycles. The lowest BCUT2D eigenvalue weighted by molar-refractivity contribution is 0.449. The van der Waals surface area contributed by atoms with Gasteiger partial charge in [0.25, 0.3) is 0 Å². The fourth-order valence-corrected chi connectivity index (χ4v) is 4.15. The first kappa shape index (κ1) is 18.6. The van der Waals surface area contributed by atoms with E-state index in [0.717, 1.165) is 38.9 Å². The van der Waals surface area contributed by atoms with E-state index in [1.807, 2.05) is 54.7 Å². The Morgan fingerprint density at radius 1 is 0.656 bits per heavy atom. The van der Waals surface area contributed by atoms with Gasteiger partial charge in [-0.2, -0.15) is 0 Å².